The molecule has 1 heterocycles. The van der Waals surface area contributed by atoms with Crippen molar-refractivity contribution in [3.05, 3.63) is 70.3 Å². The zero-order valence-electron chi connectivity index (χ0n) is 17.7. The summed E-state index contributed by atoms with van der Waals surface area (Å²) in [5, 5.41) is 2.79. The fourth-order valence-corrected chi connectivity index (χ4v) is 4.47. The van der Waals surface area contributed by atoms with E-state index in [-0.39, 0.29) is 18.2 Å². The molecule has 1 N–H and O–H groups in total. The fraction of sp³-hybridized carbons (Fsp3) is 0.400. The van der Waals surface area contributed by atoms with E-state index in [1.807, 2.05) is 42.5 Å². The third kappa shape index (κ3) is 3.64. The second kappa shape index (κ2) is 8.05. The van der Waals surface area contributed by atoms with Crippen LogP contribution in [0.1, 0.15) is 65.7 Å². The van der Waals surface area contributed by atoms with Crippen LogP contribution in [0.5, 0.6) is 0 Å². The number of hydrogen-bond acceptors (Lipinski definition) is 3. The van der Waals surface area contributed by atoms with Crippen LogP contribution in [0.15, 0.2) is 42.5 Å². The van der Waals surface area contributed by atoms with Crippen LogP contribution >= 0.6 is 0 Å². The summed E-state index contributed by atoms with van der Waals surface area (Å²) in [6.07, 6.45) is 6.36. The number of amides is 3. The third-order valence-electron chi connectivity index (χ3n) is 6.32. The molecular weight excluding hydrogens is 376 g/mol. The van der Waals surface area contributed by atoms with Gasteiger partial charge in [0.1, 0.15) is 5.54 Å². The molecule has 1 aliphatic carbocycles. The van der Waals surface area contributed by atoms with E-state index < -0.39 is 11.6 Å². The van der Waals surface area contributed by atoms with E-state index in [0.29, 0.717) is 5.56 Å². The number of carbonyl (C=O) groups excluding carboxylic acids is 3. The van der Waals surface area contributed by atoms with Crippen LogP contribution in [0.4, 0.5) is 4.79 Å². The highest BCUT2D eigenvalue weighted by molar-refractivity contribution is 6.11. The molecule has 5 heteroatoms. The van der Waals surface area contributed by atoms with Gasteiger partial charge in [-0.25, -0.2) is 4.79 Å². The lowest BCUT2D eigenvalue weighted by Crippen LogP contribution is -2.41. The van der Waals surface area contributed by atoms with Gasteiger partial charge in [-0.1, -0.05) is 49.7 Å². The molecule has 0 bridgehead atoms. The predicted octanol–water partition coefficient (Wildman–Crippen LogP) is 4.17. The highest BCUT2D eigenvalue weighted by Gasteiger charge is 2.49. The van der Waals surface area contributed by atoms with Crippen molar-refractivity contribution in [2.75, 3.05) is 6.54 Å². The smallest absolute Gasteiger partial charge is 0.319 e. The van der Waals surface area contributed by atoms with Gasteiger partial charge in [0, 0.05) is 5.56 Å². The molecule has 0 unspecified atom stereocenters. The zero-order valence-corrected chi connectivity index (χ0v) is 17.7. The van der Waals surface area contributed by atoms with Crippen LogP contribution in [-0.2, 0) is 29.6 Å². The summed E-state index contributed by atoms with van der Waals surface area (Å²) in [6.45, 7) is 3.58. The largest absolute Gasteiger partial charge is 0.325 e. The lowest BCUT2D eigenvalue weighted by molar-refractivity contribution is -0.130. The molecule has 1 saturated heterocycles. The number of carbonyl (C=O) groups is 3. The molecule has 0 radical (unpaired) electrons. The van der Waals surface area contributed by atoms with Crippen LogP contribution in [0, 0.1) is 0 Å². The number of hydrogen-bond donors (Lipinski definition) is 1. The van der Waals surface area contributed by atoms with Crippen LogP contribution in [-0.4, -0.2) is 29.2 Å². The minimum Gasteiger partial charge on any atom is -0.319 e. The van der Waals surface area contributed by atoms with Crippen molar-refractivity contribution in [3.63, 3.8) is 0 Å². The first-order valence-electron chi connectivity index (χ1n) is 10.8. The number of imide groups is 1. The van der Waals surface area contributed by atoms with Gasteiger partial charge < -0.3 is 5.32 Å². The minimum absolute atomic E-state index is 0.214. The molecule has 3 amide bonds. The van der Waals surface area contributed by atoms with Gasteiger partial charge in [0.25, 0.3) is 5.91 Å². The van der Waals surface area contributed by atoms with Gasteiger partial charge in [0.2, 0.25) is 0 Å². The highest BCUT2D eigenvalue weighted by Crippen LogP contribution is 2.30. The molecule has 0 saturated carbocycles. The second-order valence-corrected chi connectivity index (χ2v) is 8.51. The van der Waals surface area contributed by atoms with Crippen molar-refractivity contribution in [2.45, 2.75) is 57.9 Å². The minimum atomic E-state index is -1.15. The van der Waals surface area contributed by atoms with Gasteiger partial charge >= 0.3 is 6.03 Å². The Hall–Kier alpha value is -2.95. The van der Waals surface area contributed by atoms with Crippen molar-refractivity contribution < 1.29 is 14.4 Å². The van der Waals surface area contributed by atoms with E-state index >= 15 is 0 Å². The Bertz CT molecular complexity index is 996. The van der Waals surface area contributed by atoms with Crippen molar-refractivity contribution in [3.8, 4) is 0 Å². The summed E-state index contributed by atoms with van der Waals surface area (Å²) in [4.78, 5) is 39.6. The lowest BCUT2D eigenvalue weighted by Gasteiger charge is -2.22. The number of rotatable bonds is 6. The molecule has 1 aliphatic heterocycles. The Morgan fingerprint density at radius 3 is 2.43 bits per heavy atom. The molecule has 2 aromatic rings. The maximum atomic E-state index is 13.1. The number of nitrogens with one attached hydrogen (secondary N) is 1. The number of benzene rings is 2. The first-order chi connectivity index (χ1) is 14.4. The molecule has 30 heavy (non-hydrogen) atoms. The Morgan fingerprint density at radius 1 is 1.03 bits per heavy atom. The van der Waals surface area contributed by atoms with E-state index in [2.05, 4.69) is 12.2 Å². The topological polar surface area (TPSA) is 66.5 Å². The van der Waals surface area contributed by atoms with E-state index in [4.69, 9.17) is 0 Å². The molecule has 2 aromatic carbocycles. The van der Waals surface area contributed by atoms with E-state index in [1.165, 1.54) is 23.1 Å². The van der Waals surface area contributed by atoms with Crippen LogP contribution < -0.4 is 5.32 Å². The Morgan fingerprint density at radius 2 is 1.73 bits per heavy atom. The van der Waals surface area contributed by atoms with Crippen LogP contribution in [0.25, 0.3) is 0 Å². The summed E-state index contributed by atoms with van der Waals surface area (Å²) < 4.78 is 0. The van der Waals surface area contributed by atoms with E-state index in [1.54, 1.807) is 6.92 Å². The van der Waals surface area contributed by atoms with E-state index in [0.717, 1.165) is 42.6 Å². The molecule has 1 fully saturated rings. The van der Waals surface area contributed by atoms with Crippen molar-refractivity contribution in [1.82, 2.24) is 10.2 Å². The van der Waals surface area contributed by atoms with Crippen LogP contribution in [0.3, 0.4) is 0 Å². The maximum absolute atomic E-state index is 13.1. The number of ketones is 1. The number of nitrogens with zero attached hydrogens (tertiary/aromatic N) is 1. The van der Waals surface area contributed by atoms with Gasteiger partial charge in [-0.15, -0.1) is 0 Å². The second-order valence-electron chi connectivity index (χ2n) is 8.51. The summed E-state index contributed by atoms with van der Waals surface area (Å²) in [6, 6.07) is 13.0. The molecule has 1 atom stereocenters. The first-order valence-corrected chi connectivity index (χ1v) is 10.8. The number of aryl methyl sites for hydroxylation is 3. The van der Waals surface area contributed by atoms with Gasteiger partial charge in [-0.2, -0.15) is 0 Å². The van der Waals surface area contributed by atoms with Crippen molar-refractivity contribution in [2.24, 2.45) is 0 Å². The standard InChI is InChI=1S/C25H28N2O3/c1-3-6-17-9-13-21(14-10-17)25(2)23(29)27(24(30)26-25)16-22(28)20-12-11-18-7-4-5-8-19(18)15-20/h9-15H,3-8,16H2,1-2H3,(H,26,30)/t25-/m1/s1. The molecule has 4 rings (SSSR count). The van der Waals surface area contributed by atoms with Crippen molar-refractivity contribution >= 4 is 17.7 Å². The monoisotopic (exact) mass is 404 g/mol. The SMILES string of the molecule is CCCc1ccc([C@@]2(C)NC(=O)N(CC(=O)c3ccc4c(c3)CCCC4)C2=O)cc1. The molecule has 156 valence electrons. The normalized spacial score (nSPS) is 20.8. The van der Waals surface area contributed by atoms with E-state index in [9.17, 15) is 14.4 Å². The van der Waals surface area contributed by atoms with Gasteiger partial charge in [-0.05, 0) is 67.3 Å². The third-order valence-corrected chi connectivity index (χ3v) is 6.32. The van der Waals surface area contributed by atoms with Gasteiger partial charge in [0.05, 0.1) is 6.54 Å². The molecule has 5 nitrogen and oxygen atoms in total. The average Bonchev–Trinajstić information content (AvgIpc) is 2.98. The first kappa shape index (κ1) is 20.3. The summed E-state index contributed by atoms with van der Waals surface area (Å²) in [5.41, 5.74) is 3.84. The number of fused-ring (bicyclic) bond motifs is 1. The van der Waals surface area contributed by atoms with Crippen LogP contribution in [0.2, 0.25) is 0 Å². The molecule has 0 spiro atoms. The Kier molecular flexibility index (Phi) is 5.46. The Labute approximate surface area is 177 Å². The fourth-order valence-electron chi connectivity index (χ4n) is 4.47. The molecule has 0 aromatic heterocycles. The van der Waals surface area contributed by atoms with Gasteiger partial charge in [0.15, 0.2) is 5.78 Å². The van der Waals surface area contributed by atoms with Crippen molar-refractivity contribution in [1.29, 1.82) is 0 Å². The quantitative estimate of drug-likeness (QED) is 0.580. The Balaban J connectivity index is 1.52. The lowest BCUT2D eigenvalue weighted by atomic mass is 9.89. The molecular formula is C25H28N2O3. The highest BCUT2D eigenvalue weighted by atomic mass is 16.2. The number of urea groups is 1. The summed E-state index contributed by atoms with van der Waals surface area (Å²) in [7, 11) is 0. The average molecular weight is 405 g/mol. The zero-order chi connectivity index (χ0) is 21.3. The summed E-state index contributed by atoms with van der Waals surface area (Å²) >= 11 is 0. The predicted molar refractivity (Wildman–Crippen MR) is 115 cm³/mol. The number of Topliss-reactive ketones (excluding diaryl/α,β-unsaturated/α-hetero) is 1. The maximum Gasteiger partial charge on any atom is 0.325 e. The van der Waals surface area contributed by atoms with Gasteiger partial charge in [-0.3, -0.25) is 14.5 Å². The molecule has 2 aliphatic rings. The summed E-state index contributed by atoms with van der Waals surface area (Å²) in [5.74, 6) is -0.600.